The zero-order chi connectivity index (χ0) is 14.0. The van der Waals surface area contributed by atoms with Crippen LogP contribution in [0, 0.1) is 0 Å². The molecule has 0 radical (unpaired) electrons. The quantitative estimate of drug-likeness (QED) is 0.915. The molecule has 0 bridgehead atoms. The van der Waals surface area contributed by atoms with E-state index in [2.05, 4.69) is 32.2 Å². The number of ether oxygens (including phenoxy) is 1. The van der Waals surface area contributed by atoms with Gasteiger partial charge in [0.15, 0.2) is 0 Å². The lowest BCUT2D eigenvalue weighted by Crippen LogP contribution is -2.58. The average molecular weight is 339 g/mol. The summed E-state index contributed by atoms with van der Waals surface area (Å²) in [6, 6.07) is 6.27. The van der Waals surface area contributed by atoms with E-state index in [1.54, 1.807) is 7.11 Å². The SMILES string of the molecule is COc1ccc(Br)cc1CN1CCNC2(CCCC2)C1. The molecule has 1 saturated heterocycles. The summed E-state index contributed by atoms with van der Waals surface area (Å²) in [6.45, 7) is 4.38. The molecular formula is C16H23BrN2O. The molecule has 0 amide bonds. The van der Waals surface area contributed by atoms with Gasteiger partial charge < -0.3 is 10.1 Å². The number of hydrogen-bond acceptors (Lipinski definition) is 3. The van der Waals surface area contributed by atoms with E-state index in [-0.39, 0.29) is 0 Å². The van der Waals surface area contributed by atoms with Crippen LogP contribution < -0.4 is 10.1 Å². The minimum absolute atomic E-state index is 0.386. The summed E-state index contributed by atoms with van der Waals surface area (Å²) in [4.78, 5) is 2.58. The third-order valence-corrected chi connectivity index (χ3v) is 5.14. The molecule has 1 aliphatic heterocycles. The Kier molecular flexibility index (Phi) is 4.34. The van der Waals surface area contributed by atoms with Crippen molar-refractivity contribution < 1.29 is 4.74 Å². The second kappa shape index (κ2) is 6.04. The number of nitrogens with one attached hydrogen (secondary N) is 1. The van der Waals surface area contributed by atoms with E-state index in [9.17, 15) is 0 Å². The maximum absolute atomic E-state index is 5.50. The van der Waals surface area contributed by atoms with Gasteiger partial charge in [0.1, 0.15) is 5.75 Å². The normalized spacial score (nSPS) is 22.3. The molecule has 1 heterocycles. The van der Waals surface area contributed by atoms with Crippen molar-refractivity contribution in [2.75, 3.05) is 26.7 Å². The lowest BCUT2D eigenvalue weighted by molar-refractivity contribution is 0.128. The summed E-state index contributed by atoms with van der Waals surface area (Å²) in [5.41, 5.74) is 1.66. The van der Waals surface area contributed by atoms with E-state index < -0.39 is 0 Å². The fourth-order valence-corrected chi connectivity index (χ4v) is 4.08. The molecule has 20 heavy (non-hydrogen) atoms. The molecule has 0 aromatic heterocycles. The minimum Gasteiger partial charge on any atom is -0.496 e. The Morgan fingerprint density at radius 2 is 2.15 bits per heavy atom. The molecule has 0 atom stereocenters. The second-order valence-electron chi connectivity index (χ2n) is 6.08. The maximum Gasteiger partial charge on any atom is 0.123 e. The number of benzene rings is 1. The third-order valence-electron chi connectivity index (χ3n) is 4.65. The van der Waals surface area contributed by atoms with Gasteiger partial charge in [-0.05, 0) is 31.0 Å². The van der Waals surface area contributed by atoms with E-state index in [1.165, 1.54) is 37.8 Å². The Morgan fingerprint density at radius 3 is 2.90 bits per heavy atom. The summed E-state index contributed by atoms with van der Waals surface area (Å²) in [5.74, 6) is 0.993. The predicted molar refractivity (Wildman–Crippen MR) is 85.2 cm³/mol. The third kappa shape index (κ3) is 3.02. The van der Waals surface area contributed by atoms with Crippen molar-refractivity contribution >= 4 is 15.9 Å². The molecular weight excluding hydrogens is 316 g/mol. The van der Waals surface area contributed by atoms with Crippen LogP contribution in [-0.4, -0.2) is 37.2 Å². The average Bonchev–Trinajstić information content (AvgIpc) is 2.87. The lowest BCUT2D eigenvalue weighted by atomic mass is 9.94. The number of halogens is 1. The second-order valence-corrected chi connectivity index (χ2v) is 7.00. The summed E-state index contributed by atoms with van der Waals surface area (Å²) >= 11 is 3.56. The fraction of sp³-hybridized carbons (Fsp3) is 0.625. The van der Waals surface area contributed by atoms with Crippen molar-refractivity contribution in [1.82, 2.24) is 10.2 Å². The highest BCUT2D eigenvalue weighted by atomic mass is 79.9. The van der Waals surface area contributed by atoms with E-state index in [1.807, 2.05) is 12.1 Å². The van der Waals surface area contributed by atoms with Crippen LogP contribution >= 0.6 is 15.9 Å². The molecule has 2 aliphatic rings. The van der Waals surface area contributed by atoms with Gasteiger partial charge in [-0.2, -0.15) is 0 Å². The van der Waals surface area contributed by atoms with E-state index in [0.717, 1.165) is 29.9 Å². The summed E-state index contributed by atoms with van der Waals surface area (Å²) in [5, 5.41) is 3.77. The van der Waals surface area contributed by atoms with Gasteiger partial charge in [0.25, 0.3) is 0 Å². The van der Waals surface area contributed by atoms with Gasteiger partial charge in [0.05, 0.1) is 7.11 Å². The Bertz CT molecular complexity index is 472. The van der Waals surface area contributed by atoms with Crippen molar-refractivity contribution in [3.05, 3.63) is 28.2 Å². The number of hydrogen-bond donors (Lipinski definition) is 1. The van der Waals surface area contributed by atoms with Crippen molar-refractivity contribution in [2.45, 2.75) is 37.8 Å². The molecule has 3 rings (SSSR count). The maximum atomic E-state index is 5.50. The first kappa shape index (κ1) is 14.4. The van der Waals surface area contributed by atoms with Crippen molar-refractivity contribution in [3.8, 4) is 5.75 Å². The molecule has 1 aromatic carbocycles. The standard InChI is InChI=1S/C16H23BrN2O/c1-20-15-5-4-14(17)10-13(15)11-19-9-8-18-16(12-19)6-2-3-7-16/h4-5,10,18H,2-3,6-9,11-12H2,1H3. The molecule has 110 valence electrons. The zero-order valence-electron chi connectivity index (χ0n) is 12.1. The highest BCUT2D eigenvalue weighted by Gasteiger charge is 2.37. The highest BCUT2D eigenvalue weighted by molar-refractivity contribution is 9.10. The summed E-state index contributed by atoms with van der Waals surface area (Å²) in [7, 11) is 1.75. The van der Waals surface area contributed by atoms with Crippen LogP contribution in [0.15, 0.2) is 22.7 Å². The van der Waals surface area contributed by atoms with Crippen LogP contribution in [0.25, 0.3) is 0 Å². The fourth-order valence-electron chi connectivity index (χ4n) is 3.68. The van der Waals surface area contributed by atoms with Gasteiger partial charge in [-0.3, -0.25) is 4.90 Å². The lowest BCUT2D eigenvalue weighted by Gasteiger charge is -2.41. The van der Waals surface area contributed by atoms with Gasteiger partial charge in [-0.25, -0.2) is 0 Å². The Balaban J connectivity index is 1.72. The van der Waals surface area contributed by atoms with Gasteiger partial charge in [-0.15, -0.1) is 0 Å². The van der Waals surface area contributed by atoms with Crippen LogP contribution in [-0.2, 0) is 6.54 Å². The highest BCUT2D eigenvalue weighted by Crippen LogP contribution is 2.33. The van der Waals surface area contributed by atoms with E-state index >= 15 is 0 Å². The van der Waals surface area contributed by atoms with Crippen molar-refractivity contribution in [3.63, 3.8) is 0 Å². The zero-order valence-corrected chi connectivity index (χ0v) is 13.7. The Morgan fingerprint density at radius 1 is 1.35 bits per heavy atom. The molecule has 3 nitrogen and oxygen atoms in total. The first-order chi connectivity index (χ1) is 9.71. The van der Waals surface area contributed by atoms with E-state index in [0.29, 0.717) is 5.54 Å². The molecule has 1 aromatic rings. The minimum atomic E-state index is 0.386. The smallest absolute Gasteiger partial charge is 0.123 e. The van der Waals surface area contributed by atoms with Gasteiger partial charge in [-0.1, -0.05) is 28.8 Å². The van der Waals surface area contributed by atoms with Crippen LogP contribution in [0.1, 0.15) is 31.2 Å². The van der Waals surface area contributed by atoms with E-state index in [4.69, 9.17) is 4.74 Å². The van der Waals surface area contributed by atoms with Gasteiger partial charge >= 0.3 is 0 Å². The van der Waals surface area contributed by atoms with Crippen LogP contribution in [0.4, 0.5) is 0 Å². The van der Waals surface area contributed by atoms with Crippen LogP contribution in [0.5, 0.6) is 5.75 Å². The summed E-state index contributed by atoms with van der Waals surface area (Å²) < 4.78 is 6.62. The molecule has 4 heteroatoms. The topological polar surface area (TPSA) is 24.5 Å². The molecule has 1 N–H and O–H groups in total. The molecule has 1 saturated carbocycles. The summed E-state index contributed by atoms with van der Waals surface area (Å²) in [6.07, 6.45) is 5.42. The van der Waals surface area contributed by atoms with Crippen LogP contribution in [0.2, 0.25) is 0 Å². The van der Waals surface area contributed by atoms with Gasteiger partial charge in [0.2, 0.25) is 0 Å². The van der Waals surface area contributed by atoms with Gasteiger partial charge in [0, 0.05) is 41.8 Å². The number of piperazine rings is 1. The number of rotatable bonds is 3. The largest absolute Gasteiger partial charge is 0.496 e. The predicted octanol–water partition coefficient (Wildman–Crippen LogP) is 3.18. The molecule has 1 aliphatic carbocycles. The monoisotopic (exact) mass is 338 g/mol. The van der Waals surface area contributed by atoms with Crippen LogP contribution in [0.3, 0.4) is 0 Å². The Labute approximate surface area is 129 Å². The number of methoxy groups -OCH3 is 1. The molecule has 1 spiro atoms. The first-order valence-electron chi connectivity index (χ1n) is 7.51. The molecule has 0 unspecified atom stereocenters. The first-order valence-corrected chi connectivity index (χ1v) is 8.30. The number of nitrogens with zero attached hydrogens (tertiary/aromatic N) is 1. The Hall–Kier alpha value is -0.580. The van der Waals surface area contributed by atoms with Crippen molar-refractivity contribution in [1.29, 1.82) is 0 Å². The van der Waals surface area contributed by atoms with Crippen molar-refractivity contribution in [2.24, 2.45) is 0 Å². The molecule has 2 fully saturated rings.